The van der Waals surface area contributed by atoms with E-state index in [4.69, 9.17) is 0 Å². The van der Waals surface area contributed by atoms with Gasteiger partial charge in [0, 0.05) is 12.8 Å². The van der Waals surface area contributed by atoms with Crippen molar-refractivity contribution in [1.29, 1.82) is 0 Å². The summed E-state index contributed by atoms with van der Waals surface area (Å²) in [4.78, 5) is 11.9. The molecule has 130 valence electrons. The monoisotopic (exact) mass is 318 g/mol. The predicted molar refractivity (Wildman–Crippen MR) is 91.9 cm³/mol. The van der Waals surface area contributed by atoms with E-state index in [1.54, 1.807) is 0 Å². The Balaban J connectivity index is 1.61. The lowest BCUT2D eigenvalue weighted by atomic mass is 9.44. The first-order valence-corrected chi connectivity index (χ1v) is 10.1. The van der Waals surface area contributed by atoms with Gasteiger partial charge in [0.05, 0.1) is 6.10 Å². The zero-order valence-electron chi connectivity index (χ0n) is 15.2. The van der Waals surface area contributed by atoms with Gasteiger partial charge in [-0.25, -0.2) is 0 Å². The summed E-state index contributed by atoms with van der Waals surface area (Å²) in [6.45, 7) is 7.01. The molecular weight excluding hydrogens is 284 g/mol. The van der Waals surface area contributed by atoms with Crippen molar-refractivity contribution in [2.24, 2.45) is 40.4 Å². The Bertz CT molecular complexity index is 498. The highest BCUT2D eigenvalue weighted by atomic mass is 16.3. The molecule has 4 rings (SSSR count). The smallest absolute Gasteiger partial charge is 0.133 e. The fourth-order valence-electron chi connectivity index (χ4n) is 7.88. The van der Waals surface area contributed by atoms with E-state index in [0.717, 1.165) is 37.0 Å². The molecule has 0 aromatic heterocycles. The molecule has 0 bridgehead atoms. The number of rotatable bonds is 1. The number of aliphatic hydroxyl groups excluding tert-OH is 1. The molecule has 4 saturated carbocycles. The van der Waals surface area contributed by atoms with Crippen LogP contribution in [0.3, 0.4) is 0 Å². The molecule has 23 heavy (non-hydrogen) atoms. The van der Waals surface area contributed by atoms with Crippen molar-refractivity contribution in [2.45, 2.75) is 84.7 Å². The topological polar surface area (TPSA) is 37.3 Å². The van der Waals surface area contributed by atoms with Gasteiger partial charge >= 0.3 is 0 Å². The van der Waals surface area contributed by atoms with Crippen LogP contribution in [0.5, 0.6) is 0 Å². The van der Waals surface area contributed by atoms with Crippen LogP contribution >= 0.6 is 0 Å². The van der Waals surface area contributed by atoms with Crippen LogP contribution in [0.4, 0.5) is 0 Å². The first-order chi connectivity index (χ1) is 10.9. The highest BCUT2D eigenvalue weighted by molar-refractivity contribution is 5.79. The second-order valence-electron chi connectivity index (χ2n) is 9.87. The van der Waals surface area contributed by atoms with Crippen molar-refractivity contribution in [3.8, 4) is 0 Å². The molecule has 4 aliphatic rings. The van der Waals surface area contributed by atoms with E-state index in [1.807, 2.05) is 6.92 Å². The summed E-state index contributed by atoms with van der Waals surface area (Å²) >= 11 is 0. The number of ketones is 1. The third kappa shape index (κ3) is 2.19. The molecule has 0 unspecified atom stereocenters. The largest absolute Gasteiger partial charge is 0.393 e. The van der Waals surface area contributed by atoms with Crippen LogP contribution in [-0.2, 0) is 4.79 Å². The molecule has 4 fully saturated rings. The van der Waals surface area contributed by atoms with Crippen molar-refractivity contribution in [1.82, 2.24) is 0 Å². The number of hydrogen-bond acceptors (Lipinski definition) is 2. The van der Waals surface area contributed by atoms with Crippen molar-refractivity contribution >= 4 is 5.78 Å². The van der Waals surface area contributed by atoms with E-state index < -0.39 is 0 Å². The minimum absolute atomic E-state index is 0.152. The molecule has 0 amide bonds. The average molecular weight is 319 g/mol. The lowest BCUT2D eigenvalue weighted by Gasteiger charge is -2.60. The predicted octanol–water partition coefficient (Wildman–Crippen LogP) is 4.60. The molecule has 0 radical (unpaired) electrons. The zero-order valence-corrected chi connectivity index (χ0v) is 15.2. The Kier molecular flexibility index (Phi) is 3.72. The van der Waals surface area contributed by atoms with E-state index >= 15 is 0 Å². The van der Waals surface area contributed by atoms with Gasteiger partial charge in [-0.3, -0.25) is 4.79 Å². The molecule has 8 atom stereocenters. The van der Waals surface area contributed by atoms with Crippen LogP contribution < -0.4 is 0 Å². The molecule has 0 aliphatic heterocycles. The van der Waals surface area contributed by atoms with E-state index in [2.05, 4.69) is 13.8 Å². The molecule has 0 saturated heterocycles. The molecule has 2 nitrogen and oxygen atoms in total. The minimum Gasteiger partial charge on any atom is -0.393 e. The first kappa shape index (κ1) is 16.1. The molecule has 0 spiro atoms. The maximum absolute atomic E-state index is 11.9. The Morgan fingerprint density at radius 2 is 1.74 bits per heavy atom. The number of carbonyl (C=O) groups is 1. The Morgan fingerprint density at radius 3 is 2.48 bits per heavy atom. The van der Waals surface area contributed by atoms with Crippen LogP contribution in [0.15, 0.2) is 0 Å². The van der Waals surface area contributed by atoms with Crippen LogP contribution in [0.1, 0.15) is 78.6 Å². The summed E-state index contributed by atoms with van der Waals surface area (Å²) in [7, 11) is 0. The molecule has 2 heteroatoms. The third-order valence-electron chi connectivity index (χ3n) is 9.14. The van der Waals surface area contributed by atoms with Gasteiger partial charge in [0.25, 0.3) is 0 Å². The normalized spacial score (nSPS) is 54.1. The highest BCUT2D eigenvalue weighted by Gasteiger charge is 2.60. The van der Waals surface area contributed by atoms with Crippen molar-refractivity contribution in [2.75, 3.05) is 0 Å². The molecule has 0 aromatic carbocycles. The zero-order chi connectivity index (χ0) is 16.4. The van der Waals surface area contributed by atoms with Crippen molar-refractivity contribution in [3.05, 3.63) is 0 Å². The Hall–Kier alpha value is -0.370. The lowest BCUT2D eigenvalue weighted by Crippen LogP contribution is -2.54. The number of fused-ring (bicyclic) bond motifs is 5. The highest BCUT2D eigenvalue weighted by Crippen LogP contribution is 2.67. The van der Waals surface area contributed by atoms with Gasteiger partial charge in [-0.15, -0.1) is 0 Å². The summed E-state index contributed by atoms with van der Waals surface area (Å²) in [5.41, 5.74) is 0.782. The number of aliphatic hydroxyl groups is 1. The van der Waals surface area contributed by atoms with Gasteiger partial charge in [-0.2, -0.15) is 0 Å². The summed E-state index contributed by atoms with van der Waals surface area (Å²) < 4.78 is 0. The van der Waals surface area contributed by atoms with E-state index in [0.29, 0.717) is 28.4 Å². The van der Waals surface area contributed by atoms with Crippen molar-refractivity contribution in [3.63, 3.8) is 0 Å². The molecule has 0 heterocycles. The van der Waals surface area contributed by atoms with Crippen LogP contribution in [-0.4, -0.2) is 17.0 Å². The van der Waals surface area contributed by atoms with Gasteiger partial charge in [-0.1, -0.05) is 13.8 Å². The van der Waals surface area contributed by atoms with Gasteiger partial charge < -0.3 is 5.11 Å². The second-order valence-corrected chi connectivity index (χ2v) is 9.87. The van der Waals surface area contributed by atoms with Crippen molar-refractivity contribution < 1.29 is 9.90 Å². The maximum Gasteiger partial charge on any atom is 0.133 e. The second kappa shape index (κ2) is 5.31. The number of Topliss-reactive ketones (excluding diaryl/α,β-unsaturated/α-hetero) is 1. The first-order valence-electron chi connectivity index (χ1n) is 10.1. The quantitative estimate of drug-likeness (QED) is 0.767. The minimum atomic E-state index is -0.152. The fraction of sp³-hybridized carbons (Fsp3) is 0.952. The molecule has 1 N–H and O–H groups in total. The van der Waals surface area contributed by atoms with Gasteiger partial charge in [0.15, 0.2) is 0 Å². The number of hydrogen-bond donors (Lipinski definition) is 1. The van der Waals surface area contributed by atoms with E-state index in [-0.39, 0.29) is 6.10 Å². The van der Waals surface area contributed by atoms with Crippen LogP contribution in [0, 0.1) is 40.4 Å². The third-order valence-corrected chi connectivity index (χ3v) is 9.14. The summed E-state index contributed by atoms with van der Waals surface area (Å²) in [6.07, 6.45) is 10.5. The van der Waals surface area contributed by atoms with E-state index in [1.165, 1.54) is 38.5 Å². The van der Waals surface area contributed by atoms with E-state index in [9.17, 15) is 9.90 Å². The molecular formula is C21H34O2. The fourth-order valence-corrected chi connectivity index (χ4v) is 7.88. The summed E-state index contributed by atoms with van der Waals surface area (Å²) in [6, 6.07) is 0. The number of carbonyl (C=O) groups excluding carboxylic acids is 1. The Labute approximate surface area is 141 Å². The van der Waals surface area contributed by atoms with Crippen LogP contribution in [0.25, 0.3) is 0 Å². The average Bonchev–Trinajstić information content (AvgIpc) is 2.85. The maximum atomic E-state index is 11.9. The molecule has 0 aromatic rings. The van der Waals surface area contributed by atoms with Gasteiger partial charge in [-0.05, 0) is 92.3 Å². The van der Waals surface area contributed by atoms with Crippen LogP contribution in [0.2, 0.25) is 0 Å². The SMILES string of the molecule is C[C@H](O)[C@@H]1CC[C@@H]2[C@@H]3CC[C@H]4CC(=O)CC[C@]4(C)[C@@H]3CC[C@]21C. The Morgan fingerprint density at radius 1 is 1.00 bits per heavy atom. The van der Waals surface area contributed by atoms with Gasteiger partial charge in [0.1, 0.15) is 5.78 Å². The standard InChI is InChI=1S/C21H34O2/c1-13(22)17-6-7-18-16-5-4-14-12-15(23)8-10-20(14,2)19(16)9-11-21(17,18)3/h13-14,16-19,22H,4-12H2,1-3H3/t13-,14-,16-,17-,18+,19+,20-,21-/m0/s1. The lowest BCUT2D eigenvalue weighted by molar-refractivity contribution is -0.141. The summed E-state index contributed by atoms with van der Waals surface area (Å²) in [5.74, 6) is 4.18. The molecule has 4 aliphatic carbocycles. The summed E-state index contributed by atoms with van der Waals surface area (Å²) in [5, 5.41) is 10.3. The van der Waals surface area contributed by atoms with Gasteiger partial charge in [0.2, 0.25) is 0 Å².